The summed E-state index contributed by atoms with van der Waals surface area (Å²) in [7, 11) is 3.59. The topological polar surface area (TPSA) is 90.5 Å². The van der Waals surface area contributed by atoms with Gasteiger partial charge in [-0.15, -0.1) is 0 Å². The van der Waals surface area contributed by atoms with Gasteiger partial charge >= 0.3 is 0 Å². The molecule has 140 valence electrons. The van der Waals surface area contributed by atoms with Crippen LogP contribution in [0.1, 0.15) is 18.4 Å². The smallest absolute Gasteiger partial charge is 0.232 e. The first-order valence-corrected chi connectivity index (χ1v) is 9.27. The second-order valence-electron chi connectivity index (χ2n) is 7.80. The van der Waals surface area contributed by atoms with Crippen LogP contribution in [-0.4, -0.2) is 71.9 Å². The van der Waals surface area contributed by atoms with Crippen molar-refractivity contribution in [2.45, 2.75) is 19.4 Å². The molecule has 3 heterocycles. The minimum absolute atomic E-state index is 0.108. The molecule has 2 amide bonds. The molecule has 1 saturated carbocycles. The summed E-state index contributed by atoms with van der Waals surface area (Å²) >= 11 is 0. The lowest BCUT2D eigenvalue weighted by molar-refractivity contribution is -0.141. The van der Waals surface area contributed by atoms with E-state index >= 15 is 0 Å². The van der Waals surface area contributed by atoms with Crippen molar-refractivity contribution >= 4 is 17.8 Å². The quantitative estimate of drug-likeness (QED) is 0.766. The van der Waals surface area contributed by atoms with E-state index in [4.69, 9.17) is 0 Å². The Balaban J connectivity index is 1.47. The number of carbonyl (C=O) groups excluding carboxylic acids is 2. The molecule has 2 aliphatic heterocycles. The van der Waals surface area contributed by atoms with Gasteiger partial charge in [-0.2, -0.15) is 0 Å². The van der Waals surface area contributed by atoms with E-state index in [0.717, 1.165) is 24.9 Å². The highest BCUT2D eigenvalue weighted by Gasteiger charge is 2.57. The summed E-state index contributed by atoms with van der Waals surface area (Å²) in [6.45, 7) is 3.15. The van der Waals surface area contributed by atoms with E-state index in [0.29, 0.717) is 32.1 Å². The van der Waals surface area contributed by atoms with Crippen LogP contribution in [-0.2, 0) is 16.1 Å². The van der Waals surface area contributed by atoms with Crippen LogP contribution in [0.3, 0.4) is 0 Å². The van der Waals surface area contributed by atoms with E-state index in [-0.39, 0.29) is 23.7 Å². The van der Waals surface area contributed by atoms with Gasteiger partial charge in [-0.3, -0.25) is 9.59 Å². The largest absolute Gasteiger partial charge is 0.357 e. The van der Waals surface area contributed by atoms with E-state index in [1.54, 1.807) is 24.3 Å². The molecular formula is C18H26N6O2. The number of fused-ring (bicyclic) bond motifs is 1. The average molecular weight is 358 g/mol. The first-order valence-electron chi connectivity index (χ1n) is 9.27. The van der Waals surface area contributed by atoms with Gasteiger partial charge < -0.3 is 20.4 Å². The van der Waals surface area contributed by atoms with E-state index in [2.05, 4.69) is 20.6 Å². The molecule has 0 spiro atoms. The molecule has 3 fully saturated rings. The molecule has 2 atom stereocenters. The summed E-state index contributed by atoms with van der Waals surface area (Å²) in [6, 6.07) is 0. The molecule has 4 rings (SSSR count). The number of nitrogens with zero attached hydrogens (tertiary/aromatic N) is 4. The van der Waals surface area contributed by atoms with Crippen molar-refractivity contribution in [3.05, 3.63) is 18.0 Å². The number of nitrogens with one attached hydrogen (secondary N) is 2. The average Bonchev–Trinajstić information content (AvgIpc) is 3.32. The van der Waals surface area contributed by atoms with Crippen LogP contribution < -0.4 is 10.6 Å². The van der Waals surface area contributed by atoms with Gasteiger partial charge in [-0.25, -0.2) is 9.97 Å². The highest BCUT2D eigenvalue weighted by molar-refractivity contribution is 5.87. The summed E-state index contributed by atoms with van der Waals surface area (Å²) in [5.74, 6) is 1.31. The molecule has 1 aromatic rings. The molecule has 2 saturated heterocycles. The Labute approximate surface area is 153 Å². The maximum Gasteiger partial charge on any atom is 0.232 e. The highest BCUT2D eigenvalue weighted by atomic mass is 16.2. The van der Waals surface area contributed by atoms with Gasteiger partial charge in [0, 0.05) is 76.6 Å². The molecule has 0 unspecified atom stereocenters. The molecule has 0 radical (unpaired) electrons. The second kappa shape index (κ2) is 6.50. The number of hydrogen-bond donors (Lipinski definition) is 2. The van der Waals surface area contributed by atoms with Crippen molar-refractivity contribution in [2.75, 3.05) is 45.6 Å². The van der Waals surface area contributed by atoms with Crippen LogP contribution in [0.25, 0.3) is 0 Å². The van der Waals surface area contributed by atoms with Crippen molar-refractivity contribution in [3.63, 3.8) is 0 Å². The minimum Gasteiger partial charge on any atom is -0.357 e. The van der Waals surface area contributed by atoms with Crippen molar-refractivity contribution in [1.29, 1.82) is 0 Å². The molecule has 26 heavy (non-hydrogen) atoms. The van der Waals surface area contributed by atoms with Gasteiger partial charge in [0.2, 0.25) is 17.8 Å². The van der Waals surface area contributed by atoms with E-state index in [9.17, 15) is 9.59 Å². The van der Waals surface area contributed by atoms with Crippen LogP contribution in [0.15, 0.2) is 12.4 Å². The Morgan fingerprint density at radius 1 is 1.38 bits per heavy atom. The number of anilines is 1. The number of rotatable bonds is 5. The fourth-order valence-corrected chi connectivity index (χ4v) is 4.27. The Bertz CT molecular complexity index is 704. The third-order valence-corrected chi connectivity index (χ3v) is 5.89. The fourth-order valence-electron chi connectivity index (χ4n) is 4.27. The summed E-state index contributed by atoms with van der Waals surface area (Å²) in [5.41, 5.74) is 0.396. The third kappa shape index (κ3) is 2.92. The van der Waals surface area contributed by atoms with E-state index < -0.39 is 5.41 Å². The number of aromatic nitrogens is 2. The van der Waals surface area contributed by atoms with E-state index in [1.165, 1.54) is 0 Å². The minimum atomic E-state index is -0.495. The van der Waals surface area contributed by atoms with E-state index in [1.807, 2.05) is 11.9 Å². The number of hydrogen-bond acceptors (Lipinski definition) is 6. The van der Waals surface area contributed by atoms with Gasteiger partial charge in [-0.1, -0.05) is 0 Å². The molecule has 0 bridgehead atoms. The molecule has 8 heteroatoms. The summed E-state index contributed by atoms with van der Waals surface area (Å²) in [6.07, 6.45) is 5.48. The lowest BCUT2D eigenvalue weighted by atomic mass is 9.79. The van der Waals surface area contributed by atoms with Crippen molar-refractivity contribution < 1.29 is 9.59 Å². The monoisotopic (exact) mass is 358 g/mol. The van der Waals surface area contributed by atoms with Gasteiger partial charge in [0.15, 0.2) is 0 Å². The zero-order valence-corrected chi connectivity index (χ0v) is 15.4. The lowest BCUT2D eigenvalue weighted by Crippen LogP contribution is -2.48. The zero-order chi connectivity index (χ0) is 18.3. The zero-order valence-electron chi connectivity index (χ0n) is 15.4. The highest BCUT2D eigenvalue weighted by Crippen LogP contribution is 2.43. The SMILES string of the molecule is CNc1ncc(CN(C)C(=O)[C@@]23CNC[C@@H]2CN(C(=O)C2CC2)C3)cn1. The molecule has 1 aliphatic carbocycles. The summed E-state index contributed by atoms with van der Waals surface area (Å²) in [5, 5.41) is 6.25. The van der Waals surface area contributed by atoms with Gasteiger partial charge in [0.25, 0.3) is 0 Å². The Morgan fingerprint density at radius 3 is 2.77 bits per heavy atom. The van der Waals surface area contributed by atoms with Crippen molar-refractivity contribution in [2.24, 2.45) is 17.3 Å². The first-order chi connectivity index (χ1) is 12.5. The molecule has 2 N–H and O–H groups in total. The van der Waals surface area contributed by atoms with Crippen molar-refractivity contribution in [3.8, 4) is 0 Å². The Hall–Kier alpha value is -2.22. The molecule has 8 nitrogen and oxygen atoms in total. The molecule has 1 aromatic heterocycles. The first kappa shape index (κ1) is 17.2. The maximum atomic E-state index is 13.3. The van der Waals surface area contributed by atoms with Crippen LogP contribution in [0.2, 0.25) is 0 Å². The Morgan fingerprint density at radius 2 is 2.12 bits per heavy atom. The Kier molecular flexibility index (Phi) is 4.30. The number of likely N-dealkylation sites (tertiary alicyclic amines) is 1. The predicted octanol–water partition coefficient (Wildman–Crippen LogP) is -0.0653. The fraction of sp³-hybridized carbons (Fsp3) is 0.667. The molecule has 3 aliphatic rings. The maximum absolute atomic E-state index is 13.3. The number of carbonyl (C=O) groups is 2. The number of amides is 2. The third-order valence-electron chi connectivity index (χ3n) is 5.89. The lowest BCUT2D eigenvalue weighted by Gasteiger charge is -2.31. The second-order valence-corrected chi connectivity index (χ2v) is 7.80. The van der Waals surface area contributed by atoms with Gasteiger partial charge in [0.1, 0.15) is 0 Å². The van der Waals surface area contributed by atoms with Crippen LogP contribution in [0, 0.1) is 17.3 Å². The van der Waals surface area contributed by atoms with Gasteiger partial charge in [-0.05, 0) is 12.8 Å². The van der Waals surface area contributed by atoms with Gasteiger partial charge in [0.05, 0.1) is 5.41 Å². The van der Waals surface area contributed by atoms with Crippen LogP contribution >= 0.6 is 0 Å². The molecular weight excluding hydrogens is 332 g/mol. The van der Waals surface area contributed by atoms with Crippen LogP contribution in [0.5, 0.6) is 0 Å². The standard InChI is InChI=1S/C18H26N6O2/c1-19-17-21-5-12(6-22-17)8-23(2)16(26)18-10-20-7-14(18)9-24(11-18)15(25)13-3-4-13/h5-6,13-14,20H,3-4,7-11H2,1-2H3,(H,19,21,22)/t14-,18-/m1/s1. The normalized spacial score (nSPS) is 27.3. The predicted molar refractivity (Wildman–Crippen MR) is 96.1 cm³/mol. The van der Waals surface area contributed by atoms with Crippen molar-refractivity contribution in [1.82, 2.24) is 25.1 Å². The summed E-state index contributed by atoms with van der Waals surface area (Å²) < 4.78 is 0. The van der Waals surface area contributed by atoms with Crippen LogP contribution in [0.4, 0.5) is 5.95 Å². The molecule has 0 aromatic carbocycles. The summed E-state index contributed by atoms with van der Waals surface area (Å²) in [4.78, 5) is 37.9.